The van der Waals surface area contributed by atoms with Gasteiger partial charge in [0.2, 0.25) is 5.91 Å². The number of benzene rings is 2. The molecular weight excluding hydrogens is 519 g/mol. The van der Waals surface area contributed by atoms with Gasteiger partial charge in [0.1, 0.15) is 10.2 Å². The van der Waals surface area contributed by atoms with Crippen molar-refractivity contribution in [2.75, 3.05) is 5.32 Å². The molecule has 1 saturated carbocycles. The van der Waals surface area contributed by atoms with E-state index in [0.29, 0.717) is 6.07 Å². The molecule has 1 amide bonds. The van der Waals surface area contributed by atoms with Crippen molar-refractivity contribution in [2.45, 2.75) is 35.7 Å². The third kappa shape index (κ3) is 5.94. The Bertz CT molecular complexity index is 1090. The fourth-order valence-electron chi connectivity index (χ4n) is 3.44. The summed E-state index contributed by atoms with van der Waals surface area (Å²) in [6.45, 7) is 0. The molecule has 0 heterocycles. The third-order valence-corrected chi connectivity index (χ3v) is 6.33. The first-order valence-electron chi connectivity index (χ1n) is 9.37. The van der Waals surface area contributed by atoms with Gasteiger partial charge in [-0.25, -0.2) is 13.2 Å². The Labute approximate surface area is 199 Å². The molecule has 0 radical (unpaired) electrons. The first kappa shape index (κ1) is 25.6. The summed E-state index contributed by atoms with van der Waals surface area (Å²) in [6.07, 6.45) is -9.64. The molecule has 12 heteroatoms. The number of Topliss-reactive ketones (excluding diaryl/α,β-unsaturated/α-hetero) is 1. The lowest BCUT2D eigenvalue weighted by Gasteiger charge is -2.10. The molecule has 2 unspecified atom stereocenters. The molecule has 1 N–H and O–H groups in total. The zero-order valence-corrected chi connectivity index (χ0v) is 18.6. The quantitative estimate of drug-likeness (QED) is 0.228. The van der Waals surface area contributed by atoms with Crippen molar-refractivity contribution in [3.8, 4) is 0 Å². The van der Waals surface area contributed by atoms with Crippen LogP contribution in [0.4, 0.5) is 32.0 Å². The highest BCUT2D eigenvalue weighted by molar-refractivity contribution is 6.53. The molecular formula is C21H14Cl3F6NO2. The number of hydrogen-bond donors (Lipinski definition) is 1. The summed E-state index contributed by atoms with van der Waals surface area (Å²) in [4.78, 5) is 24.8. The first-order chi connectivity index (χ1) is 15.2. The molecule has 0 bridgehead atoms. The minimum atomic E-state index is -4.53. The molecule has 0 aromatic heterocycles. The van der Waals surface area contributed by atoms with E-state index in [1.807, 2.05) is 0 Å². The second kappa shape index (κ2) is 9.35. The van der Waals surface area contributed by atoms with E-state index in [4.69, 9.17) is 34.8 Å². The van der Waals surface area contributed by atoms with Crippen molar-refractivity contribution >= 4 is 52.2 Å². The number of halogens is 9. The molecule has 0 saturated heterocycles. The van der Waals surface area contributed by atoms with Gasteiger partial charge in [-0.3, -0.25) is 9.59 Å². The Morgan fingerprint density at radius 1 is 1.09 bits per heavy atom. The molecule has 2 aromatic carbocycles. The predicted molar refractivity (Wildman–Crippen MR) is 112 cm³/mol. The van der Waals surface area contributed by atoms with Crippen LogP contribution in [0.25, 0.3) is 0 Å². The monoisotopic (exact) mass is 531 g/mol. The molecule has 2 aromatic rings. The topological polar surface area (TPSA) is 46.2 Å². The predicted octanol–water partition coefficient (Wildman–Crippen LogP) is 7.47. The summed E-state index contributed by atoms with van der Waals surface area (Å²) in [5, 5.41) is 2.32. The molecule has 178 valence electrons. The van der Waals surface area contributed by atoms with Crippen molar-refractivity contribution in [3.63, 3.8) is 0 Å². The number of carbonyl (C=O) groups is 2. The number of amides is 1. The van der Waals surface area contributed by atoms with Crippen LogP contribution < -0.4 is 5.32 Å². The Morgan fingerprint density at radius 3 is 2.36 bits per heavy atom. The normalized spacial score (nSPS) is 19.5. The summed E-state index contributed by atoms with van der Waals surface area (Å²) in [7, 11) is 0. The highest BCUT2D eigenvalue weighted by Crippen LogP contribution is 2.65. The van der Waals surface area contributed by atoms with Gasteiger partial charge >= 0.3 is 6.18 Å². The van der Waals surface area contributed by atoms with Gasteiger partial charge in [0, 0.05) is 29.2 Å². The lowest BCUT2D eigenvalue weighted by molar-refractivity contribution is -0.133. The van der Waals surface area contributed by atoms with Crippen LogP contribution in [0.15, 0.2) is 36.4 Å². The molecule has 33 heavy (non-hydrogen) atoms. The lowest BCUT2D eigenvalue weighted by atomic mass is 10.0. The molecule has 1 fully saturated rings. The number of carbonyl (C=O) groups excluding carboxylic acids is 2. The van der Waals surface area contributed by atoms with Gasteiger partial charge in [-0.1, -0.05) is 11.6 Å². The van der Waals surface area contributed by atoms with E-state index in [0.717, 1.165) is 18.2 Å². The summed E-state index contributed by atoms with van der Waals surface area (Å²) < 4.78 is 75.2. The van der Waals surface area contributed by atoms with Crippen molar-refractivity contribution < 1.29 is 35.9 Å². The van der Waals surface area contributed by atoms with Crippen LogP contribution in [0.1, 0.15) is 46.7 Å². The molecule has 1 aliphatic rings. The zero-order valence-electron chi connectivity index (χ0n) is 16.3. The SMILES string of the molecule is O=C(CCC(F)(F)F)c1cc(NC(=O)C2C(c3cc(F)cc(C(F)F)c3)C2(Cl)Cl)ccc1Cl. The highest BCUT2D eigenvalue weighted by Gasteiger charge is 2.67. The summed E-state index contributed by atoms with van der Waals surface area (Å²) >= 11 is 18.2. The number of alkyl halides is 7. The largest absolute Gasteiger partial charge is 0.389 e. The Hall–Kier alpha value is -1.97. The maximum Gasteiger partial charge on any atom is 0.389 e. The average molecular weight is 533 g/mol. The smallest absolute Gasteiger partial charge is 0.326 e. The number of ketones is 1. The van der Waals surface area contributed by atoms with Crippen molar-refractivity contribution in [1.29, 1.82) is 0 Å². The Balaban J connectivity index is 1.77. The fourth-order valence-corrected chi connectivity index (χ4v) is 4.49. The van der Waals surface area contributed by atoms with Gasteiger partial charge < -0.3 is 5.32 Å². The van der Waals surface area contributed by atoms with Crippen LogP contribution in [0, 0.1) is 11.7 Å². The molecule has 0 spiro atoms. The molecule has 1 aliphatic carbocycles. The van der Waals surface area contributed by atoms with Crippen LogP contribution in [0.2, 0.25) is 5.02 Å². The van der Waals surface area contributed by atoms with Crippen molar-refractivity contribution in [3.05, 3.63) is 63.9 Å². The number of rotatable bonds is 7. The van der Waals surface area contributed by atoms with E-state index >= 15 is 0 Å². The van der Waals surface area contributed by atoms with E-state index in [2.05, 4.69) is 5.32 Å². The van der Waals surface area contributed by atoms with Crippen LogP contribution >= 0.6 is 34.8 Å². The lowest BCUT2D eigenvalue weighted by Crippen LogP contribution is -2.17. The number of hydrogen-bond acceptors (Lipinski definition) is 2. The minimum Gasteiger partial charge on any atom is -0.326 e. The van der Waals surface area contributed by atoms with E-state index in [9.17, 15) is 35.9 Å². The van der Waals surface area contributed by atoms with Gasteiger partial charge in [-0.2, -0.15) is 13.2 Å². The molecule has 3 rings (SSSR count). The Morgan fingerprint density at radius 2 is 1.76 bits per heavy atom. The van der Waals surface area contributed by atoms with Crippen LogP contribution in [-0.4, -0.2) is 22.2 Å². The van der Waals surface area contributed by atoms with Gasteiger partial charge in [-0.05, 0) is 42.0 Å². The van der Waals surface area contributed by atoms with E-state index in [1.165, 1.54) is 12.1 Å². The number of nitrogens with one attached hydrogen (secondary N) is 1. The fraction of sp³-hybridized carbons (Fsp3) is 0.333. The maximum absolute atomic E-state index is 13.8. The number of anilines is 1. The molecule has 2 atom stereocenters. The summed E-state index contributed by atoms with van der Waals surface area (Å²) in [5.41, 5.74) is -0.780. The second-order valence-corrected chi connectivity index (χ2v) is 9.32. The standard InChI is InChI=1S/C21H14Cl3F6NO2/c22-14-2-1-12(8-13(14)15(32)3-4-20(28,29)30)31-19(33)17-16(21(17,23)24)9-5-10(18(26)27)7-11(25)6-9/h1-2,5-8,16-18H,3-4H2,(H,31,33). The highest BCUT2D eigenvalue weighted by atomic mass is 35.5. The van der Waals surface area contributed by atoms with Crippen molar-refractivity contribution in [2.24, 2.45) is 5.92 Å². The maximum atomic E-state index is 13.8. The summed E-state index contributed by atoms with van der Waals surface area (Å²) in [5.74, 6) is -4.72. The average Bonchev–Trinajstić information content (AvgIpc) is 3.28. The Kier molecular flexibility index (Phi) is 7.27. The summed E-state index contributed by atoms with van der Waals surface area (Å²) in [6, 6.07) is 6.24. The zero-order chi connectivity index (χ0) is 24.7. The van der Waals surface area contributed by atoms with Gasteiger partial charge in [0.15, 0.2) is 5.78 Å². The van der Waals surface area contributed by atoms with Gasteiger partial charge in [-0.15, -0.1) is 23.2 Å². The second-order valence-electron chi connectivity index (χ2n) is 7.47. The van der Waals surface area contributed by atoms with Crippen molar-refractivity contribution in [1.82, 2.24) is 0 Å². The van der Waals surface area contributed by atoms with E-state index in [-0.39, 0.29) is 21.8 Å². The molecule has 3 nitrogen and oxygen atoms in total. The van der Waals surface area contributed by atoms with Crippen LogP contribution in [-0.2, 0) is 4.79 Å². The van der Waals surface area contributed by atoms with Crippen LogP contribution in [0.3, 0.4) is 0 Å². The van der Waals surface area contributed by atoms with Gasteiger partial charge in [0.05, 0.1) is 17.4 Å². The molecule has 0 aliphatic heterocycles. The van der Waals surface area contributed by atoms with E-state index in [1.54, 1.807) is 0 Å². The first-order valence-corrected chi connectivity index (χ1v) is 10.5. The third-order valence-electron chi connectivity index (χ3n) is 5.06. The van der Waals surface area contributed by atoms with E-state index < -0.39 is 64.7 Å². The minimum absolute atomic E-state index is 0.00886. The van der Waals surface area contributed by atoms with Gasteiger partial charge in [0.25, 0.3) is 6.43 Å². The van der Waals surface area contributed by atoms with Crippen LogP contribution in [0.5, 0.6) is 0 Å².